The number of nitrogens with one attached hydrogen (secondary N) is 2. The minimum absolute atomic E-state index is 0.00561. The standard InChI is InChI=1S/C28H25BrN4O3S/c1-17-15-20(10-11-21(17)31-25(34)16-35-2)33-27(26(32-28(33)37)22-5-3-4-14-30-22)24-13-12-23(36-24)18-6-8-19(29)9-7-18/h3-15,26-27H,16H2,1-2H3,(H,31,34)(H,32,37)/t26-,27+/m0/s1. The third kappa shape index (κ3) is 5.29. The molecule has 2 aromatic heterocycles. The molecule has 2 atom stereocenters. The number of furan rings is 1. The third-order valence-corrected chi connectivity index (χ3v) is 7.03. The monoisotopic (exact) mass is 576 g/mol. The molecule has 37 heavy (non-hydrogen) atoms. The summed E-state index contributed by atoms with van der Waals surface area (Å²) in [6, 6.07) is 23.1. The van der Waals surface area contributed by atoms with Gasteiger partial charge in [0.2, 0.25) is 5.91 Å². The molecular weight excluding hydrogens is 552 g/mol. The number of nitrogens with zero attached hydrogens (tertiary/aromatic N) is 2. The van der Waals surface area contributed by atoms with E-state index in [-0.39, 0.29) is 24.6 Å². The molecule has 0 unspecified atom stereocenters. The van der Waals surface area contributed by atoms with Crippen LogP contribution in [-0.4, -0.2) is 29.7 Å². The molecule has 7 nitrogen and oxygen atoms in total. The fourth-order valence-electron chi connectivity index (χ4n) is 4.46. The van der Waals surface area contributed by atoms with Crippen molar-refractivity contribution in [3.63, 3.8) is 0 Å². The van der Waals surface area contributed by atoms with Crippen LogP contribution in [-0.2, 0) is 9.53 Å². The van der Waals surface area contributed by atoms with Crippen molar-refractivity contribution in [2.75, 3.05) is 23.9 Å². The predicted molar refractivity (Wildman–Crippen MR) is 151 cm³/mol. The van der Waals surface area contributed by atoms with Crippen molar-refractivity contribution in [1.82, 2.24) is 10.3 Å². The molecule has 0 aliphatic carbocycles. The highest BCUT2D eigenvalue weighted by atomic mass is 79.9. The molecule has 0 radical (unpaired) electrons. The first-order valence-corrected chi connectivity index (χ1v) is 12.9. The van der Waals surface area contributed by atoms with E-state index in [0.717, 1.165) is 44.2 Å². The second kappa shape index (κ2) is 10.8. The Labute approximate surface area is 229 Å². The second-order valence-corrected chi connectivity index (χ2v) is 9.99. The van der Waals surface area contributed by atoms with Crippen molar-refractivity contribution >= 4 is 50.5 Å². The maximum atomic E-state index is 12.0. The summed E-state index contributed by atoms with van der Waals surface area (Å²) < 4.78 is 12.4. The van der Waals surface area contributed by atoms with Gasteiger partial charge in [0.1, 0.15) is 24.2 Å². The molecule has 0 bridgehead atoms. The maximum absolute atomic E-state index is 12.0. The second-order valence-electron chi connectivity index (χ2n) is 8.69. The van der Waals surface area contributed by atoms with Gasteiger partial charge < -0.3 is 24.7 Å². The molecule has 1 saturated heterocycles. The van der Waals surface area contributed by atoms with Crippen LogP contribution in [0.2, 0.25) is 0 Å². The molecule has 1 aliphatic heterocycles. The number of amides is 1. The lowest BCUT2D eigenvalue weighted by Crippen LogP contribution is -2.29. The van der Waals surface area contributed by atoms with Crippen molar-refractivity contribution in [3.05, 3.63) is 100 Å². The number of anilines is 2. The molecule has 188 valence electrons. The topological polar surface area (TPSA) is 79.6 Å². The van der Waals surface area contributed by atoms with Gasteiger partial charge in [0.25, 0.3) is 0 Å². The SMILES string of the molecule is COCC(=O)Nc1ccc(N2C(=S)N[C@@H](c3ccccn3)[C@H]2c2ccc(-c3ccc(Br)cc3)o2)cc1C. The number of rotatable bonds is 7. The van der Waals surface area contributed by atoms with E-state index in [1.54, 1.807) is 6.20 Å². The van der Waals surface area contributed by atoms with E-state index < -0.39 is 0 Å². The highest BCUT2D eigenvalue weighted by Gasteiger charge is 2.42. The number of thiocarbonyl (C=S) groups is 1. The van der Waals surface area contributed by atoms with Gasteiger partial charge >= 0.3 is 0 Å². The molecule has 2 aromatic carbocycles. The van der Waals surface area contributed by atoms with Gasteiger partial charge in [-0.2, -0.15) is 0 Å². The third-order valence-electron chi connectivity index (χ3n) is 6.18. The van der Waals surface area contributed by atoms with E-state index in [0.29, 0.717) is 5.11 Å². The molecule has 9 heteroatoms. The van der Waals surface area contributed by atoms with Crippen LogP contribution in [0.25, 0.3) is 11.3 Å². The van der Waals surface area contributed by atoms with Crippen LogP contribution < -0.4 is 15.5 Å². The normalized spacial score (nSPS) is 17.1. The minimum atomic E-state index is -0.278. The summed E-state index contributed by atoms with van der Waals surface area (Å²) in [7, 11) is 1.49. The fourth-order valence-corrected chi connectivity index (χ4v) is 5.07. The first-order chi connectivity index (χ1) is 17.9. The average molecular weight is 578 g/mol. The zero-order valence-electron chi connectivity index (χ0n) is 20.3. The van der Waals surface area contributed by atoms with Crippen molar-refractivity contribution in [3.8, 4) is 11.3 Å². The Morgan fingerprint density at radius 1 is 1.16 bits per heavy atom. The van der Waals surface area contributed by atoms with Crippen LogP contribution >= 0.6 is 28.1 Å². The Bertz CT molecular complexity index is 1430. The molecule has 1 fully saturated rings. The summed E-state index contributed by atoms with van der Waals surface area (Å²) in [5.41, 5.74) is 4.34. The number of carbonyl (C=O) groups excluding carboxylic acids is 1. The molecule has 1 amide bonds. The Morgan fingerprint density at radius 2 is 1.97 bits per heavy atom. The number of carbonyl (C=O) groups is 1. The van der Waals surface area contributed by atoms with Crippen LogP contribution in [0.1, 0.15) is 29.1 Å². The zero-order valence-corrected chi connectivity index (χ0v) is 22.7. The van der Waals surface area contributed by atoms with E-state index in [1.165, 1.54) is 7.11 Å². The van der Waals surface area contributed by atoms with Crippen molar-refractivity contribution < 1.29 is 13.9 Å². The van der Waals surface area contributed by atoms with E-state index in [4.69, 9.17) is 21.4 Å². The average Bonchev–Trinajstić information content (AvgIpc) is 3.51. The van der Waals surface area contributed by atoms with Crippen molar-refractivity contribution in [1.29, 1.82) is 0 Å². The smallest absolute Gasteiger partial charge is 0.250 e. The van der Waals surface area contributed by atoms with E-state index in [1.807, 2.05) is 84.6 Å². The van der Waals surface area contributed by atoms with Crippen LogP contribution in [0.5, 0.6) is 0 Å². The first-order valence-electron chi connectivity index (χ1n) is 11.7. The quantitative estimate of drug-likeness (QED) is 0.254. The lowest BCUT2D eigenvalue weighted by atomic mass is 10.0. The molecule has 2 N–H and O–H groups in total. The van der Waals surface area contributed by atoms with Crippen molar-refractivity contribution in [2.45, 2.75) is 19.0 Å². The van der Waals surface area contributed by atoms with Crippen LogP contribution in [0.15, 0.2) is 87.9 Å². The number of aromatic nitrogens is 1. The van der Waals surface area contributed by atoms with Gasteiger partial charge in [-0.3, -0.25) is 9.78 Å². The van der Waals surface area contributed by atoms with Gasteiger partial charge in [0.15, 0.2) is 5.11 Å². The fraction of sp³-hybridized carbons (Fsp3) is 0.179. The van der Waals surface area contributed by atoms with Crippen LogP contribution in [0.3, 0.4) is 0 Å². The van der Waals surface area contributed by atoms with Crippen molar-refractivity contribution in [2.24, 2.45) is 0 Å². The Morgan fingerprint density at radius 3 is 2.68 bits per heavy atom. The molecule has 3 heterocycles. The van der Waals surface area contributed by atoms with Gasteiger partial charge in [-0.25, -0.2) is 0 Å². The number of benzene rings is 2. The summed E-state index contributed by atoms with van der Waals surface area (Å²) >= 11 is 9.31. The van der Waals surface area contributed by atoms with E-state index in [2.05, 4.69) is 31.5 Å². The van der Waals surface area contributed by atoms with Gasteiger partial charge in [-0.1, -0.05) is 34.1 Å². The summed E-state index contributed by atoms with van der Waals surface area (Å²) in [6.07, 6.45) is 1.77. The summed E-state index contributed by atoms with van der Waals surface area (Å²) in [6.45, 7) is 1.94. The molecule has 4 aromatic rings. The largest absolute Gasteiger partial charge is 0.459 e. The molecule has 0 saturated carbocycles. The predicted octanol–water partition coefficient (Wildman–Crippen LogP) is 6.17. The minimum Gasteiger partial charge on any atom is -0.459 e. The van der Waals surface area contributed by atoms with Crippen LogP contribution in [0.4, 0.5) is 11.4 Å². The maximum Gasteiger partial charge on any atom is 0.250 e. The van der Waals surface area contributed by atoms with Gasteiger partial charge in [0, 0.05) is 34.7 Å². The van der Waals surface area contributed by atoms with Gasteiger partial charge in [-0.15, -0.1) is 0 Å². The molecule has 0 spiro atoms. The number of halogens is 1. The summed E-state index contributed by atoms with van der Waals surface area (Å²) in [5, 5.41) is 6.90. The van der Waals surface area contributed by atoms with E-state index in [9.17, 15) is 4.79 Å². The van der Waals surface area contributed by atoms with Gasteiger partial charge in [-0.05, 0) is 79.3 Å². The number of hydrogen-bond donors (Lipinski definition) is 2. The number of ether oxygens (including phenoxy) is 1. The highest BCUT2D eigenvalue weighted by molar-refractivity contribution is 9.10. The first kappa shape index (κ1) is 25.1. The van der Waals surface area contributed by atoms with Gasteiger partial charge in [0.05, 0.1) is 11.7 Å². The number of hydrogen-bond acceptors (Lipinski definition) is 5. The Balaban J connectivity index is 1.53. The number of methoxy groups -OCH3 is 1. The van der Waals surface area contributed by atoms with Crippen LogP contribution in [0, 0.1) is 6.92 Å². The summed E-state index contributed by atoms with van der Waals surface area (Å²) in [4.78, 5) is 18.7. The molecular formula is C28H25BrN4O3S. The van der Waals surface area contributed by atoms with E-state index >= 15 is 0 Å². The molecule has 5 rings (SSSR count). The zero-order chi connectivity index (χ0) is 25.9. The lowest BCUT2D eigenvalue weighted by Gasteiger charge is -2.26. The Hall–Kier alpha value is -3.53. The lowest BCUT2D eigenvalue weighted by molar-refractivity contribution is -0.119. The highest BCUT2D eigenvalue weighted by Crippen LogP contribution is 2.43. The number of aryl methyl sites for hydroxylation is 1. The number of pyridine rings is 1. The molecule has 1 aliphatic rings. The summed E-state index contributed by atoms with van der Waals surface area (Å²) in [5.74, 6) is 1.32. The Kier molecular flexibility index (Phi) is 7.36.